The number of amides is 1. The van der Waals surface area contributed by atoms with Gasteiger partial charge in [-0.25, -0.2) is 0 Å². The van der Waals surface area contributed by atoms with Crippen molar-refractivity contribution in [2.75, 3.05) is 18.9 Å². The lowest BCUT2D eigenvalue weighted by Crippen LogP contribution is -2.28. The van der Waals surface area contributed by atoms with Crippen molar-refractivity contribution >= 4 is 24.0 Å². The maximum atomic E-state index is 11.9. The number of benzene rings is 2. The van der Waals surface area contributed by atoms with Crippen molar-refractivity contribution < 1.29 is 9.53 Å². The Morgan fingerprint density at radius 2 is 1.73 bits per heavy atom. The van der Waals surface area contributed by atoms with Crippen LogP contribution in [0.3, 0.4) is 0 Å². The Morgan fingerprint density at radius 1 is 1.08 bits per heavy atom. The number of carbonyl (C=O) groups excluding carboxylic acids is 1. The first-order chi connectivity index (χ1) is 11.9. The predicted molar refractivity (Wildman–Crippen MR) is 110 cm³/mol. The van der Waals surface area contributed by atoms with E-state index in [1.165, 1.54) is 5.56 Å². The first-order valence-corrected chi connectivity index (χ1v) is 8.69. The normalized spacial score (nSPS) is 10.7. The number of nitrogen functional groups attached to an aromatic ring is 1. The Labute approximate surface area is 162 Å². The number of nitrogens with two attached hydrogens (primary N) is 1. The van der Waals surface area contributed by atoms with Crippen LogP contribution in [0.25, 0.3) is 0 Å². The van der Waals surface area contributed by atoms with E-state index in [0.717, 1.165) is 17.0 Å². The number of anilines is 1. The van der Waals surface area contributed by atoms with Crippen molar-refractivity contribution in [2.24, 2.45) is 0 Å². The number of para-hydroxylation sites is 1. The van der Waals surface area contributed by atoms with Crippen LogP contribution in [0.2, 0.25) is 0 Å². The molecule has 0 saturated carbocycles. The molecule has 0 spiro atoms. The van der Waals surface area contributed by atoms with Gasteiger partial charge >= 0.3 is 0 Å². The van der Waals surface area contributed by atoms with Crippen LogP contribution in [-0.2, 0) is 16.6 Å². The van der Waals surface area contributed by atoms with Gasteiger partial charge in [-0.2, -0.15) is 0 Å². The highest BCUT2D eigenvalue weighted by Crippen LogP contribution is 2.24. The number of ether oxygens (including phenoxy) is 1. The van der Waals surface area contributed by atoms with Gasteiger partial charge in [0.05, 0.1) is 6.54 Å². The highest BCUT2D eigenvalue weighted by atomic mass is 35.5. The zero-order valence-electron chi connectivity index (χ0n) is 15.7. The SMILES string of the molecule is CC(C)(C)c1ccc(OCCNC(=O)CCc2ccccc2N)cc1.Cl. The maximum absolute atomic E-state index is 11.9. The zero-order chi connectivity index (χ0) is 18.3. The van der Waals surface area contributed by atoms with Gasteiger partial charge in [0.2, 0.25) is 5.91 Å². The molecule has 2 aromatic rings. The van der Waals surface area contributed by atoms with Crippen LogP contribution in [0.4, 0.5) is 5.69 Å². The van der Waals surface area contributed by atoms with E-state index < -0.39 is 0 Å². The number of nitrogens with one attached hydrogen (secondary N) is 1. The largest absolute Gasteiger partial charge is 0.492 e. The zero-order valence-corrected chi connectivity index (χ0v) is 16.6. The smallest absolute Gasteiger partial charge is 0.220 e. The molecule has 0 heterocycles. The minimum Gasteiger partial charge on any atom is -0.492 e. The summed E-state index contributed by atoms with van der Waals surface area (Å²) in [5, 5.41) is 2.87. The quantitative estimate of drug-likeness (QED) is 0.564. The fraction of sp³-hybridized carbons (Fsp3) is 0.381. The molecular formula is C21H29ClN2O2. The summed E-state index contributed by atoms with van der Waals surface area (Å²) in [7, 11) is 0. The number of halogens is 1. The van der Waals surface area contributed by atoms with Gasteiger partial charge in [-0.3, -0.25) is 4.79 Å². The summed E-state index contributed by atoms with van der Waals surface area (Å²) in [6, 6.07) is 15.7. The minimum absolute atomic E-state index is 0. The molecular weight excluding hydrogens is 348 g/mol. The number of rotatable bonds is 7. The molecule has 0 radical (unpaired) electrons. The lowest BCUT2D eigenvalue weighted by molar-refractivity contribution is -0.121. The van der Waals surface area contributed by atoms with E-state index in [1.807, 2.05) is 36.4 Å². The Morgan fingerprint density at radius 3 is 2.35 bits per heavy atom. The number of aryl methyl sites for hydroxylation is 1. The van der Waals surface area contributed by atoms with Crippen molar-refractivity contribution in [3.63, 3.8) is 0 Å². The van der Waals surface area contributed by atoms with Crippen LogP contribution in [0.15, 0.2) is 48.5 Å². The molecule has 5 heteroatoms. The van der Waals surface area contributed by atoms with E-state index in [2.05, 4.69) is 38.2 Å². The average Bonchev–Trinajstić information content (AvgIpc) is 2.57. The first-order valence-electron chi connectivity index (χ1n) is 8.69. The third kappa shape index (κ3) is 6.96. The molecule has 2 rings (SSSR count). The Bertz CT molecular complexity index is 694. The van der Waals surface area contributed by atoms with Gasteiger partial charge in [0, 0.05) is 12.1 Å². The molecule has 0 fully saturated rings. The van der Waals surface area contributed by atoms with Crippen molar-refractivity contribution in [3.05, 3.63) is 59.7 Å². The summed E-state index contributed by atoms with van der Waals surface area (Å²) < 4.78 is 5.67. The highest BCUT2D eigenvalue weighted by Gasteiger charge is 2.12. The van der Waals surface area contributed by atoms with Crippen molar-refractivity contribution in [1.82, 2.24) is 5.32 Å². The van der Waals surface area contributed by atoms with Gasteiger partial charge in [-0.05, 0) is 41.2 Å². The van der Waals surface area contributed by atoms with E-state index in [4.69, 9.17) is 10.5 Å². The monoisotopic (exact) mass is 376 g/mol. The molecule has 0 saturated heterocycles. The lowest BCUT2D eigenvalue weighted by atomic mass is 9.87. The molecule has 4 nitrogen and oxygen atoms in total. The van der Waals surface area contributed by atoms with Gasteiger partial charge in [-0.15, -0.1) is 12.4 Å². The van der Waals surface area contributed by atoms with Crippen LogP contribution in [0, 0.1) is 0 Å². The third-order valence-electron chi connectivity index (χ3n) is 4.09. The number of hydrogen-bond donors (Lipinski definition) is 2. The van der Waals surface area contributed by atoms with Gasteiger partial charge in [0.1, 0.15) is 12.4 Å². The van der Waals surface area contributed by atoms with E-state index in [-0.39, 0.29) is 23.7 Å². The maximum Gasteiger partial charge on any atom is 0.220 e. The standard InChI is InChI=1S/C21H28N2O2.ClH/c1-21(2,3)17-9-11-18(12-10-17)25-15-14-23-20(24)13-8-16-6-4-5-7-19(16)22;/h4-7,9-12H,8,13-15,22H2,1-3H3,(H,23,24);1H. The molecule has 0 atom stereocenters. The summed E-state index contributed by atoms with van der Waals surface area (Å²) in [6.07, 6.45) is 1.07. The molecule has 0 aliphatic carbocycles. The summed E-state index contributed by atoms with van der Waals surface area (Å²) in [4.78, 5) is 11.9. The molecule has 0 aliphatic rings. The Hall–Kier alpha value is -2.20. The fourth-order valence-electron chi connectivity index (χ4n) is 2.51. The molecule has 0 aliphatic heterocycles. The molecule has 0 bridgehead atoms. The minimum atomic E-state index is 0. The average molecular weight is 377 g/mol. The second kappa shape index (κ2) is 10.1. The molecule has 3 N–H and O–H groups in total. The predicted octanol–water partition coefficient (Wildman–Crippen LogP) is 4.12. The molecule has 0 aromatic heterocycles. The van der Waals surface area contributed by atoms with Crippen LogP contribution in [0.5, 0.6) is 5.75 Å². The molecule has 0 unspecified atom stereocenters. The number of carbonyl (C=O) groups is 1. The van der Waals surface area contributed by atoms with E-state index in [0.29, 0.717) is 26.0 Å². The lowest BCUT2D eigenvalue weighted by Gasteiger charge is -2.19. The van der Waals surface area contributed by atoms with E-state index in [1.54, 1.807) is 0 Å². The Balaban J connectivity index is 0.00000338. The van der Waals surface area contributed by atoms with Crippen molar-refractivity contribution in [2.45, 2.75) is 39.0 Å². The van der Waals surface area contributed by atoms with Gasteiger partial charge < -0.3 is 15.8 Å². The summed E-state index contributed by atoms with van der Waals surface area (Å²) in [5.74, 6) is 0.828. The second-order valence-electron chi connectivity index (χ2n) is 7.17. The topological polar surface area (TPSA) is 64.3 Å². The van der Waals surface area contributed by atoms with E-state index >= 15 is 0 Å². The van der Waals surface area contributed by atoms with E-state index in [9.17, 15) is 4.79 Å². The number of hydrogen-bond acceptors (Lipinski definition) is 3. The molecule has 142 valence electrons. The second-order valence-corrected chi connectivity index (χ2v) is 7.17. The van der Waals surface area contributed by atoms with Crippen LogP contribution in [0.1, 0.15) is 38.3 Å². The van der Waals surface area contributed by atoms with Crippen LogP contribution < -0.4 is 15.8 Å². The Kier molecular flexibility index (Phi) is 8.46. The van der Waals surface area contributed by atoms with Crippen molar-refractivity contribution in [3.8, 4) is 5.75 Å². The molecule has 1 amide bonds. The van der Waals surface area contributed by atoms with Crippen LogP contribution in [-0.4, -0.2) is 19.1 Å². The highest BCUT2D eigenvalue weighted by molar-refractivity contribution is 5.85. The van der Waals surface area contributed by atoms with Gasteiger partial charge in [-0.1, -0.05) is 51.1 Å². The van der Waals surface area contributed by atoms with Gasteiger partial charge in [0.25, 0.3) is 0 Å². The van der Waals surface area contributed by atoms with Crippen molar-refractivity contribution in [1.29, 1.82) is 0 Å². The fourth-order valence-corrected chi connectivity index (χ4v) is 2.51. The summed E-state index contributed by atoms with van der Waals surface area (Å²) in [5.41, 5.74) is 9.02. The first kappa shape index (κ1) is 21.8. The third-order valence-corrected chi connectivity index (χ3v) is 4.09. The summed E-state index contributed by atoms with van der Waals surface area (Å²) >= 11 is 0. The van der Waals surface area contributed by atoms with Gasteiger partial charge in [0.15, 0.2) is 0 Å². The molecule has 26 heavy (non-hydrogen) atoms. The molecule has 2 aromatic carbocycles. The summed E-state index contributed by atoms with van der Waals surface area (Å²) in [6.45, 7) is 7.49. The van der Waals surface area contributed by atoms with Crippen LogP contribution >= 0.6 is 12.4 Å².